The lowest BCUT2D eigenvalue weighted by Gasteiger charge is -2.05. The molecule has 0 aliphatic rings. The van der Waals surface area contributed by atoms with Crippen molar-refractivity contribution in [2.75, 3.05) is 6.61 Å². The van der Waals surface area contributed by atoms with Crippen molar-refractivity contribution in [1.29, 1.82) is 5.26 Å². The number of ether oxygens (including phenoxy) is 1. The van der Waals surface area contributed by atoms with Crippen LogP contribution >= 0.6 is 0 Å². The summed E-state index contributed by atoms with van der Waals surface area (Å²) in [5.74, 6) is 0.786. The molecular weight excluding hydrogens is 234 g/mol. The van der Waals surface area contributed by atoms with Gasteiger partial charge in [-0.15, -0.1) is 0 Å². The lowest BCUT2D eigenvalue weighted by atomic mass is 10.1. The molecule has 2 nitrogen and oxygen atoms in total. The molecule has 2 aromatic carbocycles. The van der Waals surface area contributed by atoms with Crippen molar-refractivity contribution in [1.82, 2.24) is 0 Å². The van der Waals surface area contributed by atoms with Crippen molar-refractivity contribution < 1.29 is 4.74 Å². The minimum Gasteiger partial charge on any atom is -0.490 e. The lowest BCUT2D eigenvalue weighted by molar-refractivity contribution is 0.363. The number of benzene rings is 2. The lowest BCUT2D eigenvalue weighted by Crippen LogP contribution is -1.94. The molecule has 0 aliphatic carbocycles. The van der Waals surface area contributed by atoms with Crippen molar-refractivity contribution in [2.45, 2.75) is 6.92 Å². The largest absolute Gasteiger partial charge is 0.490 e. The van der Waals surface area contributed by atoms with E-state index in [1.54, 1.807) is 6.07 Å². The number of nitriles is 1. The van der Waals surface area contributed by atoms with Gasteiger partial charge in [-0.25, -0.2) is 0 Å². The normalized spacial score (nSPS) is 10.3. The van der Waals surface area contributed by atoms with Gasteiger partial charge >= 0.3 is 0 Å². The van der Waals surface area contributed by atoms with Gasteiger partial charge in [-0.1, -0.05) is 36.4 Å². The van der Waals surface area contributed by atoms with E-state index in [1.807, 2.05) is 61.5 Å². The van der Waals surface area contributed by atoms with E-state index in [2.05, 4.69) is 6.07 Å². The molecule has 0 aromatic heterocycles. The monoisotopic (exact) mass is 249 g/mol. The molecule has 2 heteroatoms. The molecule has 2 aromatic rings. The first-order valence-electron chi connectivity index (χ1n) is 6.15. The second kappa shape index (κ2) is 6.42. The van der Waals surface area contributed by atoms with Crippen LogP contribution in [0.25, 0.3) is 6.08 Å². The highest BCUT2D eigenvalue weighted by atomic mass is 16.5. The van der Waals surface area contributed by atoms with Crippen LogP contribution in [0.4, 0.5) is 0 Å². The van der Waals surface area contributed by atoms with Crippen molar-refractivity contribution >= 4 is 6.08 Å². The molecule has 0 radical (unpaired) electrons. The van der Waals surface area contributed by atoms with Crippen LogP contribution in [0, 0.1) is 18.3 Å². The summed E-state index contributed by atoms with van der Waals surface area (Å²) in [7, 11) is 0. The smallest absolute Gasteiger partial charge is 0.120 e. The summed E-state index contributed by atoms with van der Waals surface area (Å²) in [6.45, 7) is 2.42. The van der Waals surface area contributed by atoms with Crippen LogP contribution < -0.4 is 4.74 Å². The van der Waals surface area contributed by atoms with Gasteiger partial charge in [0.1, 0.15) is 12.4 Å². The van der Waals surface area contributed by atoms with Gasteiger partial charge in [0, 0.05) is 0 Å². The number of nitrogens with zero attached hydrogens (tertiary/aromatic N) is 1. The second-order valence-electron chi connectivity index (χ2n) is 4.21. The van der Waals surface area contributed by atoms with E-state index >= 15 is 0 Å². The molecule has 94 valence electrons. The van der Waals surface area contributed by atoms with Gasteiger partial charge in [0.05, 0.1) is 11.6 Å². The van der Waals surface area contributed by atoms with E-state index in [1.165, 1.54) is 0 Å². The number of aryl methyl sites for hydroxylation is 1. The van der Waals surface area contributed by atoms with E-state index in [-0.39, 0.29) is 0 Å². The van der Waals surface area contributed by atoms with Crippen LogP contribution in [-0.2, 0) is 0 Å². The summed E-state index contributed by atoms with van der Waals surface area (Å²) in [4.78, 5) is 0. The Labute approximate surface area is 113 Å². The Morgan fingerprint density at radius 3 is 2.63 bits per heavy atom. The van der Waals surface area contributed by atoms with Crippen LogP contribution in [-0.4, -0.2) is 6.61 Å². The molecule has 0 spiro atoms. The van der Waals surface area contributed by atoms with Crippen LogP contribution in [0.2, 0.25) is 0 Å². The minimum absolute atomic E-state index is 0.514. The number of hydrogen-bond acceptors (Lipinski definition) is 2. The minimum atomic E-state index is 0.514. The van der Waals surface area contributed by atoms with E-state index < -0.39 is 0 Å². The highest BCUT2D eigenvalue weighted by Gasteiger charge is 1.98. The van der Waals surface area contributed by atoms with Crippen molar-refractivity contribution in [3.8, 4) is 11.8 Å². The summed E-state index contributed by atoms with van der Waals surface area (Å²) in [5.41, 5.74) is 2.78. The molecule has 0 heterocycles. The maximum Gasteiger partial charge on any atom is 0.120 e. The molecule has 0 amide bonds. The molecule has 19 heavy (non-hydrogen) atoms. The fourth-order valence-corrected chi connectivity index (χ4v) is 1.74. The predicted octanol–water partition coefficient (Wildman–Crippen LogP) is 3.96. The average molecular weight is 249 g/mol. The number of hydrogen-bond donors (Lipinski definition) is 0. The molecule has 0 aliphatic heterocycles. The molecule has 0 saturated heterocycles. The van der Waals surface area contributed by atoms with Gasteiger partial charge in [-0.05, 0) is 42.3 Å². The Kier molecular flexibility index (Phi) is 4.36. The van der Waals surface area contributed by atoms with Gasteiger partial charge < -0.3 is 4.74 Å². The van der Waals surface area contributed by atoms with E-state index in [0.29, 0.717) is 12.2 Å². The third-order valence-electron chi connectivity index (χ3n) is 2.77. The first kappa shape index (κ1) is 12.9. The van der Waals surface area contributed by atoms with Crippen molar-refractivity contribution in [3.05, 3.63) is 71.3 Å². The molecule has 0 unspecified atom stereocenters. The molecule has 0 saturated carbocycles. The summed E-state index contributed by atoms with van der Waals surface area (Å²) in [5, 5.41) is 8.85. The van der Waals surface area contributed by atoms with Crippen LogP contribution in [0.15, 0.2) is 54.6 Å². The van der Waals surface area contributed by atoms with Gasteiger partial charge in [0.15, 0.2) is 0 Å². The van der Waals surface area contributed by atoms with Crippen LogP contribution in [0.3, 0.4) is 0 Å². The summed E-state index contributed by atoms with van der Waals surface area (Å²) < 4.78 is 5.61. The predicted molar refractivity (Wildman–Crippen MR) is 76.9 cm³/mol. The summed E-state index contributed by atoms with van der Waals surface area (Å²) in [6.07, 6.45) is 4.00. The highest BCUT2D eigenvalue weighted by molar-refractivity contribution is 5.48. The molecule has 0 fully saturated rings. The third kappa shape index (κ3) is 3.72. The zero-order valence-corrected chi connectivity index (χ0v) is 10.8. The summed E-state index contributed by atoms with van der Waals surface area (Å²) in [6, 6.07) is 17.7. The summed E-state index contributed by atoms with van der Waals surface area (Å²) >= 11 is 0. The van der Waals surface area contributed by atoms with Crippen molar-refractivity contribution in [2.24, 2.45) is 0 Å². The molecular formula is C17H15NO. The quantitative estimate of drug-likeness (QED) is 0.821. The molecule has 0 atom stereocenters. The second-order valence-corrected chi connectivity index (χ2v) is 4.21. The SMILES string of the molecule is Cc1cc(OC/C=C/c2ccccc2)ccc1C#N. The van der Waals surface area contributed by atoms with Gasteiger partial charge in [0.2, 0.25) is 0 Å². The van der Waals surface area contributed by atoms with Gasteiger partial charge in [-0.2, -0.15) is 5.26 Å². The van der Waals surface area contributed by atoms with Crippen molar-refractivity contribution in [3.63, 3.8) is 0 Å². The number of rotatable bonds is 4. The van der Waals surface area contributed by atoms with Crippen LogP contribution in [0.1, 0.15) is 16.7 Å². The maximum atomic E-state index is 8.85. The van der Waals surface area contributed by atoms with E-state index in [9.17, 15) is 0 Å². The first-order chi connectivity index (χ1) is 9.29. The Bertz CT molecular complexity index is 609. The zero-order chi connectivity index (χ0) is 13.5. The fourth-order valence-electron chi connectivity index (χ4n) is 1.74. The Morgan fingerprint density at radius 1 is 1.16 bits per heavy atom. The van der Waals surface area contributed by atoms with Gasteiger partial charge in [0.25, 0.3) is 0 Å². The Balaban J connectivity index is 1.91. The Morgan fingerprint density at radius 2 is 1.95 bits per heavy atom. The topological polar surface area (TPSA) is 33.0 Å². The van der Waals surface area contributed by atoms with E-state index in [4.69, 9.17) is 10.00 Å². The average Bonchev–Trinajstić information content (AvgIpc) is 2.45. The molecule has 0 bridgehead atoms. The molecule has 0 N–H and O–H groups in total. The Hall–Kier alpha value is -2.53. The zero-order valence-electron chi connectivity index (χ0n) is 10.8. The van der Waals surface area contributed by atoms with E-state index in [0.717, 1.165) is 16.9 Å². The fraction of sp³-hybridized carbons (Fsp3) is 0.118. The maximum absolute atomic E-state index is 8.85. The first-order valence-corrected chi connectivity index (χ1v) is 6.15. The third-order valence-corrected chi connectivity index (χ3v) is 2.77. The van der Waals surface area contributed by atoms with Gasteiger partial charge in [-0.3, -0.25) is 0 Å². The standard InChI is InChI=1S/C17H15NO/c1-14-12-17(10-9-16(14)13-18)19-11-5-8-15-6-3-2-4-7-15/h2-10,12H,11H2,1H3/b8-5+. The highest BCUT2D eigenvalue weighted by Crippen LogP contribution is 2.16. The molecule has 2 rings (SSSR count). The van der Waals surface area contributed by atoms with Crippen LogP contribution in [0.5, 0.6) is 5.75 Å².